The summed E-state index contributed by atoms with van der Waals surface area (Å²) in [5.74, 6) is -1.17. The number of hydrogen-bond donors (Lipinski definition) is 0. The molecule has 0 aliphatic rings. The average Bonchev–Trinajstić information content (AvgIpc) is 3.09. The van der Waals surface area contributed by atoms with Gasteiger partial charge in [-0.05, 0) is 20.8 Å². The summed E-state index contributed by atoms with van der Waals surface area (Å²) in [5, 5.41) is 0.735. The Morgan fingerprint density at radius 3 is 2.32 bits per heavy atom. The van der Waals surface area contributed by atoms with E-state index < -0.39 is 18.5 Å². The molecule has 1 aromatic heterocycles. The van der Waals surface area contributed by atoms with Gasteiger partial charge in [-0.2, -0.15) is 0 Å². The zero-order valence-corrected chi connectivity index (χ0v) is 17.4. The van der Waals surface area contributed by atoms with Crippen LogP contribution in [0.25, 0.3) is 11.3 Å². The van der Waals surface area contributed by atoms with Crippen LogP contribution in [0, 0.1) is 6.92 Å². The van der Waals surface area contributed by atoms with Gasteiger partial charge < -0.3 is 14.5 Å². The Kier molecular flexibility index (Phi) is 7.69. The van der Waals surface area contributed by atoms with Crippen molar-refractivity contribution in [3.05, 3.63) is 40.2 Å². The molecule has 0 aliphatic heterocycles. The smallest absolute Gasteiger partial charge is 0.351 e. The largest absolute Gasteiger partial charge is 0.451 e. The van der Waals surface area contributed by atoms with Crippen LogP contribution in [0.15, 0.2) is 30.3 Å². The Balaban J connectivity index is 1.99. The predicted octanol–water partition coefficient (Wildman–Crippen LogP) is 2.60. The fourth-order valence-corrected chi connectivity index (χ4v) is 3.46. The number of aryl methyl sites for hydroxylation is 1. The molecule has 0 fully saturated rings. The van der Waals surface area contributed by atoms with Gasteiger partial charge in [0.2, 0.25) is 5.91 Å². The number of rotatable bonds is 8. The number of nitrogens with zero attached hydrogens (tertiary/aromatic N) is 3. The molecular weight excluding hydrogens is 378 g/mol. The van der Waals surface area contributed by atoms with E-state index in [9.17, 15) is 14.4 Å². The maximum absolute atomic E-state index is 12.5. The molecule has 28 heavy (non-hydrogen) atoms. The first-order valence-electron chi connectivity index (χ1n) is 9.09. The molecule has 0 spiro atoms. The Morgan fingerprint density at radius 2 is 1.71 bits per heavy atom. The third kappa shape index (κ3) is 5.39. The molecule has 0 atom stereocenters. The second kappa shape index (κ2) is 9.98. The number of benzene rings is 1. The highest BCUT2D eigenvalue weighted by molar-refractivity contribution is 7.14. The standard InChI is InChI=1S/C20H25N3O4S/c1-5-23(6-2)16(24)12-22(4)17(25)13-27-20(26)19-18(21-14(3)28-19)15-10-8-7-9-11-15/h7-11H,5-6,12-13H2,1-4H3. The number of aromatic nitrogens is 1. The maximum Gasteiger partial charge on any atom is 0.351 e. The lowest BCUT2D eigenvalue weighted by molar-refractivity contribution is -0.140. The first-order chi connectivity index (χ1) is 13.4. The van der Waals surface area contributed by atoms with Crippen molar-refractivity contribution < 1.29 is 19.1 Å². The third-order valence-corrected chi connectivity index (χ3v) is 5.16. The fourth-order valence-electron chi connectivity index (χ4n) is 2.63. The number of likely N-dealkylation sites (N-methyl/N-ethyl adjacent to an activating group) is 2. The van der Waals surface area contributed by atoms with Gasteiger partial charge in [0.15, 0.2) is 6.61 Å². The van der Waals surface area contributed by atoms with Gasteiger partial charge in [0.1, 0.15) is 4.88 Å². The summed E-state index contributed by atoms with van der Waals surface area (Å²) in [4.78, 5) is 44.5. The van der Waals surface area contributed by atoms with Crippen molar-refractivity contribution in [3.8, 4) is 11.3 Å². The number of carbonyl (C=O) groups excluding carboxylic acids is 3. The number of carbonyl (C=O) groups is 3. The molecule has 0 aliphatic carbocycles. The molecule has 2 amide bonds. The van der Waals surface area contributed by atoms with E-state index >= 15 is 0 Å². The van der Waals surface area contributed by atoms with Crippen molar-refractivity contribution >= 4 is 29.1 Å². The summed E-state index contributed by atoms with van der Waals surface area (Å²) < 4.78 is 5.20. The molecule has 2 rings (SSSR count). The van der Waals surface area contributed by atoms with Gasteiger partial charge in [0, 0.05) is 25.7 Å². The highest BCUT2D eigenvalue weighted by Crippen LogP contribution is 2.28. The molecule has 150 valence electrons. The van der Waals surface area contributed by atoms with Crippen LogP contribution in [-0.4, -0.2) is 65.9 Å². The topological polar surface area (TPSA) is 79.8 Å². The molecule has 0 saturated carbocycles. The lowest BCUT2D eigenvalue weighted by atomic mass is 10.1. The van der Waals surface area contributed by atoms with Crippen molar-refractivity contribution in [2.45, 2.75) is 20.8 Å². The molecule has 0 unspecified atom stereocenters. The van der Waals surface area contributed by atoms with Crippen LogP contribution < -0.4 is 0 Å². The number of amides is 2. The van der Waals surface area contributed by atoms with Crippen molar-refractivity contribution in [1.29, 1.82) is 0 Å². The summed E-state index contributed by atoms with van der Waals surface area (Å²) in [5.41, 5.74) is 1.36. The highest BCUT2D eigenvalue weighted by atomic mass is 32.1. The van der Waals surface area contributed by atoms with Crippen molar-refractivity contribution in [3.63, 3.8) is 0 Å². The van der Waals surface area contributed by atoms with Gasteiger partial charge in [0.25, 0.3) is 5.91 Å². The molecule has 0 bridgehead atoms. The second-order valence-electron chi connectivity index (χ2n) is 6.17. The lowest BCUT2D eigenvalue weighted by Crippen LogP contribution is -2.42. The third-order valence-electron chi connectivity index (χ3n) is 4.21. The van der Waals surface area contributed by atoms with Crippen LogP contribution in [0.5, 0.6) is 0 Å². The maximum atomic E-state index is 12.5. The minimum Gasteiger partial charge on any atom is -0.451 e. The van der Waals surface area contributed by atoms with E-state index in [1.807, 2.05) is 51.1 Å². The molecule has 2 aromatic rings. The molecule has 1 heterocycles. The van der Waals surface area contributed by atoms with Crippen LogP contribution >= 0.6 is 11.3 Å². The van der Waals surface area contributed by atoms with Gasteiger partial charge >= 0.3 is 5.97 Å². The summed E-state index contributed by atoms with van der Waals surface area (Å²) in [6, 6.07) is 9.34. The number of ether oxygens (including phenoxy) is 1. The van der Waals surface area contributed by atoms with Gasteiger partial charge in [-0.15, -0.1) is 11.3 Å². The highest BCUT2D eigenvalue weighted by Gasteiger charge is 2.22. The SMILES string of the molecule is CCN(CC)C(=O)CN(C)C(=O)COC(=O)c1sc(C)nc1-c1ccccc1. The molecule has 7 nitrogen and oxygen atoms in total. The van der Waals surface area contributed by atoms with Gasteiger partial charge in [-0.3, -0.25) is 9.59 Å². The summed E-state index contributed by atoms with van der Waals surface area (Å²) in [7, 11) is 1.52. The quantitative estimate of drug-likeness (QED) is 0.633. The van der Waals surface area contributed by atoms with Crippen LogP contribution in [0.1, 0.15) is 28.5 Å². The minimum absolute atomic E-state index is 0.0486. The second-order valence-corrected chi connectivity index (χ2v) is 7.37. The Morgan fingerprint density at radius 1 is 1.07 bits per heavy atom. The molecular formula is C20H25N3O4S. The predicted molar refractivity (Wildman–Crippen MR) is 108 cm³/mol. The summed E-state index contributed by atoms with van der Waals surface area (Å²) in [6.07, 6.45) is 0. The van der Waals surface area contributed by atoms with E-state index in [0.29, 0.717) is 23.7 Å². The van der Waals surface area contributed by atoms with E-state index in [1.165, 1.54) is 23.3 Å². The molecule has 0 N–H and O–H groups in total. The first kappa shape index (κ1) is 21.6. The zero-order valence-electron chi connectivity index (χ0n) is 16.6. The van der Waals surface area contributed by atoms with Crippen LogP contribution in [0.2, 0.25) is 0 Å². The van der Waals surface area contributed by atoms with Crippen molar-refractivity contribution in [2.75, 3.05) is 33.3 Å². The summed E-state index contributed by atoms with van der Waals surface area (Å²) in [6.45, 7) is 6.27. The van der Waals surface area contributed by atoms with Crippen LogP contribution in [0.3, 0.4) is 0 Å². The van der Waals surface area contributed by atoms with Crippen molar-refractivity contribution in [2.24, 2.45) is 0 Å². The molecule has 1 aromatic carbocycles. The fraction of sp³-hybridized carbons (Fsp3) is 0.400. The molecule has 0 radical (unpaired) electrons. The number of hydrogen-bond acceptors (Lipinski definition) is 6. The Labute approximate surface area is 168 Å². The van der Waals surface area contributed by atoms with Crippen LogP contribution in [0.4, 0.5) is 0 Å². The lowest BCUT2D eigenvalue weighted by Gasteiger charge is -2.23. The van der Waals surface area contributed by atoms with E-state index in [-0.39, 0.29) is 12.5 Å². The van der Waals surface area contributed by atoms with E-state index in [1.54, 1.807) is 4.90 Å². The number of thiazole rings is 1. The van der Waals surface area contributed by atoms with Gasteiger partial charge in [-0.25, -0.2) is 9.78 Å². The minimum atomic E-state index is -0.596. The van der Waals surface area contributed by atoms with E-state index in [4.69, 9.17) is 4.74 Å². The van der Waals surface area contributed by atoms with Crippen molar-refractivity contribution in [1.82, 2.24) is 14.8 Å². The van der Waals surface area contributed by atoms with Gasteiger partial charge in [-0.1, -0.05) is 30.3 Å². The Hall–Kier alpha value is -2.74. The Bertz CT molecular complexity index is 831. The van der Waals surface area contributed by atoms with E-state index in [0.717, 1.165) is 10.6 Å². The van der Waals surface area contributed by atoms with E-state index in [2.05, 4.69) is 4.98 Å². The zero-order chi connectivity index (χ0) is 20.7. The average molecular weight is 404 g/mol. The molecule has 8 heteroatoms. The monoisotopic (exact) mass is 403 g/mol. The van der Waals surface area contributed by atoms with Crippen LogP contribution in [-0.2, 0) is 14.3 Å². The first-order valence-corrected chi connectivity index (χ1v) is 9.90. The number of esters is 1. The van der Waals surface area contributed by atoms with Gasteiger partial charge in [0.05, 0.1) is 17.2 Å². The summed E-state index contributed by atoms with van der Waals surface area (Å²) >= 11 is 1.23. The normalized spacial score (nSPS) is 10.4. The molecule has 0 saturated heterocycles.